The van der Waals surface area contributed by atoms with E-state index in [0.29, 0.717) is 10.9 Å². The molecule has 0 bridgehead atoms. The van der Waals surface area contributed by atoms with Crippen LogP contribution in [0.25, 0.3) is 0 Å². The molecule has 3 heteroatoms. The van der Waals surface area contributed by atoms with Gasteiger partial charge in [-0.05, 0) is 42.6 Å². The van der Waals surface area contributed by atoms with Gasteiger partial charge in [0, 0.05) is 11.1 Å². The molecule has 2 unspecified atom stereocenters. The third-order valence-corrected chi connectivity index (χ3v) is 3.99. The molecule has 0 aliphatic carbocycles. The summed E-state index contributed by atoms with van der Waals surface area (Å²) in [6.45, 7) is 7.33. The van der Waals surface area contributed by atoms with Crippen molar-refractivity contribution < 1.29 is 4.39 Å². The molecule has 0 aliphatic rings. The lowest BCUT2D eigenvalue weighted by Crippen LogP contribution is -2.28. The standard InChI is InChI=1S/C16H25ClFN/c1-4-7-8-12(5-2)16(19-6-3)14-11-13(18)9-10-15(14)17/h9-12,16,19H,4-8H2,1-3H3. The first kappa shape index (κ1) is 16.5. The first-order chi connectivity index (χ1) is 9.13. The predicted octanol–water partition coefficient (Wildman–Crippen LogP) is 5.35. The molecule has 0 aromatic heterocycles. The van der Waals surface area contributed by atoms with E-state index in [9.17, 15) is 4.39 Å². The van der Waals surface area contributed by atoms with E-state index >= 15 is 0 Å². The van der Waals surface area contributed by atoms with E-state index in [1.807, 2.05) is 0 Å². The molecule has 1 aromatic carbocycles. The summed E-state index contributed by atoms with van der Waals surface area (Å²) in [5.74, 6) is 0.284. The minimum absolute atomic E-state index is 0.143. The topological polar surface area (TPSA) is 12.0 Å². The summed E-state index contributed by atoms with van der Waals surface area (Å²) in [6, 6.07) is 4.79. The summed E-state index contributed by atoms with van der Waals surface area (Å²) in [5, 5.41) is 4.13. The fourth-order valence-electron chi connectivity index (χ4n) is 2.58. The Balaban J connectivity index is 2.99. The van der Waals surface area contributed by atoms with Crippen LogP contribution in [0.1, 0.15) is 58.1 Å². The highest BCUT2D eigenvalue weighted by Gasteiger charge is 2.23. The van der Waals surface area contributed by atoms with Crippen LogP contribution in [0.15, 0.2) is 18.2 Å². The van der Waals surface area contributed by atoms with Gasteiger partial charge >= 0.3 is 0 Å². The van der Waals surface area contributed by atoms with Gasteiger partial charge in [0.2, 0.25) is 0 Å². The molecule has 0 spiro atoms. The van der Waals surface area contributed by atoms with Crippen molar-refractivity contribution in [3.63, 3.8) is 0 Å². The lowest BCUT2D eigenvalue weighted by molar-refractivity contribution is 0.327. The van der Waals surface area contributed by atoms with Crippen LogP contribution in [0.2, 0.25) is 5.02 Å². The van der Waals surface area contributed by atoms with Crippen LogP contribution in [0.5, 0.6) is 0 Å². The van der Waals surface area contributed by atoms with Crippen molar-refractivity contribution in [1.29, 1.82) is 0 Å². The SMILES string of the molecule is CCCCC(CC)C(NCC)c1cc(F)ccc1Cl. The highest BCUT2D eigenvalue weighted by molar-refractivity contribution is 6.31. The number of hydrogen-bond acceptors (Lipinski definition) is 1. The Kier molecular flexibility index (Phi) is 7.40. The Morgan fingerprint density at radius 1 is 1.26 bits per heavy atom. The molecular weight excluding hydrogens is 261 g/mol. The third kappa shape index (κ3) is 4.77. The maximum Gasteiger partial charge on any atom is 0.123 e. The third-order valence-electron chi connectivity index (χ3n) is 3.64. The summed E-state index contributed by atoms with van der Waals surface area (Å²) in [5.41, 5.74) is 0.895. The molecule has 2 atom stereocenters. The quantitative estimate of drug-likeness (QED) is 0.679. The second kappa shape index (κ2) is 8.55. The van der Waals surface area contributed by atoms with Crippen molar-refractivity contribution in [3.8, 4) is 0 Å². The Bertz CT molecular complexity index is 381. The summed E-state index contributed by atoms with van der Waals surface area (Å²) in [6.07, 6.45) is 4.61. The normalized spacial score (nSPS) is 14.4. The van der Waals surface area contributed by atoms with Crippen molar-refractivity contribution in [1.82, 2.24) is 5.32 Å². The first-order valence-corrected chi connectivity index (χ1v) is 7.70. The predicted molar refractivity (Wildman–Crippen MR) is 81.1 cm³/mol. The molecule has 108 valence electrons. The highest BCUT2D eigenvalue weighted by atomic mass is 35.5. The van der Waals surface area contributed by atoms with Crippen LogP contribution in [-0.4, -0.2) is 6.54 Å². The van der Waals surface area contributed by atoms with Crippen molar-refractivity contribution in [3.05, 3.63) is 34.6 Å². The van der Waals surface area contributed by atoms with Crippen molar-refractivity contribution >= 4 is 11.6 Å². The fraction of sp³-hybridized carbons (Fsp3) is 0.625. The molecule has 1 aromatic rings. The number of benzene rings is 1. The zero-order valence-electron chi connectivity index (χ0n) is 12.2. The monoisotopic (exact) mass is 285 g/mol. The van der Waals surface area contributed by atoms with E-state index in [1.54, 1.807) is 12.1 Å². The molecule has 0 fully saturated rings. The van der Waals surface area contributed by atoms with E-state index in [4.69, 9.17) is 11.6 Å². The van der Waals surface area contributed by atoms with Gasteiger partial charge in [0.1, 0.15) is 5.82 Å². The number of halogens is 2. The Morgan fingerprint density at radius 3 is 2.58 bits per heavy atom. The summed E-state index contributed by atoms with van der Waals surface area (Å²) < 4.78 is 13.5. The van der Waals surface area contributed by atoms with Gasteiger partial charge < -0.3 is 5.32 Å². The Labute approximate surface area is 121 Å². The van der Waals surface area contributed by atoms with Crippen LogP contribution in [0, 0.1) is 11.7 Å². The Morgan fingerprint density at radius 2 is 2.00 bits per heavy atom. The number of rotatable bonds is 8. The molecule has 0 aliphatic heterocycles. The first-order valence-electron chi connectivity index (χ1n) is 7.32. The smallest absolute Gasteiger partial charge is 0.123 e. The lowest BCUT2D eigenvalue weighted by atomic mass is 9.86. The Hall–Kier alpha value is -0.600. The van der Waals surface area contributed by atoms with Crippen molar-refractivity contribution in [2.24, 2.45) is 5.92 Å². The molecule has 1 rings (SSSR count). The van der Waals surface area contributed by atoms with Crippen LogP contribution in [0.3, 0.4) is 0 Å². The summed E-state index contributed by atoms with van der Waals surface area (Å²) in [4.78, 5) is 0. The number of nitrogens with one attached hydrogen (secondary N) is 1. The van der Waals surface area contributed by atoms with Gasteiger partial charge in [0.05, 0.1) is 0 Å². The van der Waals surface area contributed by atoms with Gasteiger partial charge in [-0.15, -0.1) is 0 Å². The van der Waals surface area contributed by atoms with Gasteiger partial charge in [-0.2, -0.15) is 0 Å². The van der Waals surface area contributed by atoms with Crippen molar-refractivity contribution in [2.45, 2.75) is 52.5 Å². The van der Waals surface area contributed by atoms with E-state index < -0.39 is 0 Å². The zero-order chi connectivity index (χ0) is 14.3. The number of unbranched alkanes of at least 4 members (excludes halogenated alkanes) is 1. The minimum atomic E-state index is -0.215. The van der Waals surface area contributed by atoms with E-state index in [0.717, 1.165) is 24.9 Å². The van der Waals surface area contributed by atoms with Gasteiger partial charge in [-0.3, -0.25) is 0 Å². The summed E-state index contributed by atoms with van der Waals surface area (Å²) in [7, 11) is 0. The van der Waals surface area contributed by atoms with Crippen LogP contribution < -0.4 is 5.32 Å². The second-order valence-corrected chi connectivity index (χ2v) is 5.42. The molecule has 0 saturated carbocycles. The van der Waals surface area contributed by atoms with Gasteiger partial charge in [-0.25, -0.2) is 4.39 Å². The molecule has 0 heterocycles. The maximum absolute atomic E-state index is 13.5. The van der Waals surface area contributed by atoms with E-state index in [-0.39, 0.29) is 11.9 Å². The lowest BCUT2D eigenvalue weighted by Gasteiger charge is -2.28. The van der Waals surface area contributed by atoms with Crippen LogP contribution in [0.4, 0.5) is 4.39 Å². The number of hydrogen-bond donors (Lipinski definition) is 1. The molecule has 19 heavy (non-hydrogen) atoms. The van der Waals surface area contributed by atoms with Gasteiger partial charge in [0.25, 0.3) is 0 Å². The van der Waals surface area contributed by atoms with Gasteiger partial charge in [0.15, 0.2) is 0 Å². The average Bonchev–Trinajstić information content (AvgIpc) is 2.41. The van der Waals surface area contributed by atoms with Crippen molar-refractivity contribution in [2.75, 3.05) is 6.54 Å². The average molecular weight is 286 g/mol. The van der Waals surface area contributed by atoms with Crippen LogP contribution in [-0.2, 0) is 0 Å². The molecular formula is C16H25ClFN. The molecule has 0 saturated heterocycles. The highest BCUT2D eigenvalue weighted by Crippen LogP contribution is 2.33. The van der Waals surface area contributed by atoms with E-state index in [1.165, 1.54) is 18.9 Å². The zero-order valence-corrected chi connectivity index (χ0v) is 12.9. The fourth-order valence-corrected chi connectivity index (χ4v) is 2.81. The summed E-state index contributed by atoms with van der Waals surface area (Å²) >= 11 is 6.26. The molecule has 0 radical (unpaired) electrons. The largest absolute Gasteiger partial charge is 0.310 e. The van der Waals surface area contributed by atoms with Gasteiger partial charge in [-0.1, -0.05) is 51.6 Å². The molecule has 1 nitrogen and oxygen atoms in total. The van der Waals surface area contributed by atoms with Crippen LogP contribution >= 0.6 is 11.6 Å². The molecule has 1 N–H and O–H groups in total. The minimum Gasteiger partial charge on any atom is -0.310 e. The maximum atomic E-state index is 13.5. The molecule has 0 amide bonds. The van der Waals surface area contributed by atoms with E-state index in [2.05, 4.69) is 26.1 Å². The second-order valence-electron chi connectivity index (χ2n) is 5.01.